The SMILES string of the molecule is CN(CCO)CCC(N)c1ccccc1. The molecule has 0 heterocycles. The minimum atomic E-state index is 0.0901. The normalized spacial score (nSPS) is 13.1. The van der Waals surface area contributed by atoms with E-state index in [1.54, 1.807) is 0 Å². The lowest BCUT2D eigenvalue weighted by molar-refractivity contribution is 0.217. The van der Waals surface area contributed by atoms with Crippen molar-refractivity contribution in [3.05, 3.63) is 35.9 Å². The molecular formula is C12H20N2O. The molecule has 0 amide bonds. The highest BCUT2D eigenvalue weighted by atomic mass is 16.3. The van der Waals surface area contributed by atoms with E-state index in [4.69, 9.17) is 10.8 Å². The number of benzene rings is 1. The van der Waals surface area contributed by atoms with E-state index in [0.717, 1.165) is 13.0 Å². The third-order valence-electron chi connectivity index (χ3n) is 2.53. The summed E-state index contributed by atoms with van der Waals surface area (Å²) in [5.74, 6) is 0. The standard InChI is InChI=1S/C12H20N2O/c1-14(9-10-15)8-7-12(13)11-5-3-2-4-6-11/h2-6,12,15H,7-10,13H2,1H3. The first-order valence-electron chi connectivity index (χ1n) is 5.34. The summed E-state index contributed by atoms with van der Waals surface area (Å²) in [6.07, 6.45) is 0.917. The van der Waals surface area contributed by atoms with Crippen LogP contribution in [0.5, 0.6) is 0 Å². The largest absolute Gasteiger partial charge is 0.395 e. The molecule has 0 aliphatic heterocycles. The zero-order valence-electron chi connectivity index (χ0n) is 9.26. The highest BCUT2D eigenvalue weighted by molar-refractivity contribution is 5.18. The van der Waals surface area contributed by atoms with E-state index in [0.29, 0.717) is 6.54 Å². The van der Waals surface area contributed by atoms with Crippen LogP contribution in [0.1, 0.15) is 18.0 Å². The van der Waals surface area contributed by atoms with Crippen LogP contribution in [0.2, 0.25) is 0 Å². The van der Waals surface area contributed by atoms with Gasteiger partial charge in [0, 0.05) is 12.6 Å². The summed E-state index contributed by atoms with van der Waals surface area (Å²) < 4.78 is 0. The predicted molar refractivity (Wildman–Crippen MR) is 62.6 cm³/mol. The minimum Gasteiger partial charge on any atom is -0.395 e. The molecule has 1 aromatic carbocycles. The van der Waals surface area contributed by atoms with Gasteiger partial charge in [0.1, 0.15) is 0 Å². The smallest absolute Gasteiger partial charge is 0.0558 e. The van der Waals surface area contributed by atoms with Gasteiger partial charge in [-0.3, -0.25) is 0 Å². The van der Waals surface area contributed by atoms with Crippen LogP contribution in [0.4, 0.5) is 0 Å². The second-order valence-corrected chi connectivity index (χ2v) is 3.83. The molecule has 0 saturated carbocycles. The molecule has 0 spiro atoms. The Balaban J connectivity index is 2.33. The van der Waals surface area contributed by atoms with Gasteiger partial charge < -0.3 is 15.7 Å². The molecule has 84 valence electrons. The molecule has 0 fully saturated rings. The maximum absolute atomic E-state index is 8.75. The predicted octanol–water partition coefficient (Wildman–Crippen LogP) is 1.00. The summed E-state index contributed by atoms with van der Waals surface area (Å²) in [4.78, 5) is 2.09. The number of aliphatic hydroxyl groups excluding tert-OH is 1. The maximum atomic E-state index is 8.75. The van der Waals surface area contributed by atoms with E-state index in [1.807, 2.05) is 25.2 Å². The van der Waals surface area contributed by atoms with Crippen LogP contribution in [-0.4, -0.2) is 36.8 Å². The van der Waals surface area contributed by atoms with Crippen molar-refractivity contribution in [2.75, 3.05) is 26.7 Å². The second kappa shape index (κ2) is 6.56. The molecular weight excluding hydrogens is 188 g/mol. The lowest BCUT2D eigenvalue weighted by Gasteiger charge is -2.18. The van der Waals surface area contributed by atoms with Gasteiger partial charge in [0.2, 0.25) is 0 Å². The number of rotatable bonds is 6. The Morgan fingerprint density at radius 2 is 1.93 bits per heavy atom. The van der Waals surface area contributed by atoms with Crippen molar-refractivity contribution < 1.29 is 5.11 Å². The molecule has 0 saturated heterocycles. The number of hydrogen-bond donors (Lipinski definition) is 2. The average molecular weight is 208 g/mol. The second-order valence-electron chi connectivity index (χ2n) is 3.83. The van der Waals surface area contributed by atoms with Crippen LogP contribution < -0.4 is 5.73 Å². The molecule has 15 heavy (non-hydrogen) atoms. The van der Waals surface area contributed by atoms with Crippen molar-refractivity contribution >= 4 is 0 Å². The van der Waals surface area contributed by atoms with Gasteiger partial charge in [-0.15, -0.1) is 0 Å². The summed E-state index contributed by atoms with van der Waals surface area (Å²) in [6, 6.07) is 10.2. The van der Waals surface area contributed by atoms with Crippen LogP contribution in [-0.2, 0) is 0 Å². The van der Waals surface area contributed by atoms with Crippen LogP contribution in [0.3, 0.4) is 0 Å². The highest BCUT2D eigenvalue weighted by Crippen LogP contribution is 2.13. The van der Waals surface area contributed by atoms with E-state index in [1.165, 1.54) is 5.56 Å². The van der Waals surface area contributed by atoms with Crippen LogP contribution >= 0.6 is 0 Å². The van der Waals surface area contributed by atoms with E-state index in [-0.39, 0.29) is 12.6 Å². The summed E-state index contributed by atoms with van der Waals surface area (Å²) in [5.41, 5.74) is 7.23. The number of hydrogen-bond acceptors (Lipinski definition) is 3. The lowest BCUT2D eigenvalue weighted by atomic mass is 10.0. The van der Waals surface area contributed by atoms with Crippen molar-refractivity contribution in [2.24, 2.45) is 5.73 Å². The van der Waals surface area contributed by atoms with E-state index >= 15 is 0 Å². The van der Waals surface area contributed by atoms with E-state index in [2.05, 4.69) is 17.0 Å². The molecule has 1 rings (SSSR count). The molecule has 1 atom stereocenters. The summed E-state index contributed by atoms with van der Waals surface area (Å²) in [7, 11) is 1.99. The summed E-state index contributed by atoms with van der Waals surface area (Å²) >= 11 is 0. The highest BCUT2D eigenvalue weighted by Gasteiger charge is 2.06. The molecule has 3 nitrogen and oxygen atoms in total. The first-order valence-corrected chi connectivity index (χ1v) is 5.34. The fourth-order valence-corrected chi connectivity index (χ4v) is 1.51. The molecule has 3 N–H and O–H groups in total. The molecule has 0 radical (unpaired) electrons. The quantitative estimate of drug-likeness (QED) is 0.733. The van der Waals surface area contributed by atoms with Crippen molar-refractivity contribution in [1.29, 1.82) is 0 Å². The number of aliphatic hydroxyl groups is 1. The fourth-order valence-electron chi connectivity index (χ4n) is 1.51. The average Bonchev–Trinajstić information content (AvgIpc) is 2.27. The number of nitrogens with zero attached hydrogens (tertiary/aromatic N) is 1. The Morgan fingerprint density at radius 3 is 2.53 bits per heavy atom. The van der Waals surface area contributed by atoms with Gasteiger partial charge in [-0.1, -0.05) is 30.3 Å². The number of likely N-dealkylation sites (N-methyl/N-ethyl adjacent to an activating group) is 1. The molecule has 3 heteroatoms. The topological polar surface area (TPSA) is 49.5 Å². The third-order valence-corrected chi connectivity index (χ3v) is 2.53. The van der Waals surface area contributed by atoms with Crippen LogP contribution in [0, 0.1) is 0 Å². The fraction of sp³-hybridized carbons (Fsp3) is 0.500. The van der Waals surface area contributed by atoms with Crippen molar-refractivity contribution in [2.45, 2.75) is 12.5 Å². The molecule has 1 unspecified atom stereocenters. The maximum Gasteiger partial charge on any atom is 0.0558 e. The molecule has 0 bridgehead atoms. The molecule has 0 aromatic heterocycles. The Bertz CT molecular complexity index is 264. The zero-order chi connectivity index (χ0) is 11.1. The van der Waals surface area contributed by atoms with Gasteiger partial charge in [-0.05, 0) is 25.6 Å². The van der Waals surface area contributed by atoms with Crippen molar-refractivity contribution in [3.8, 4) is 0 Å². The summed E-state index contributed by atoms with van der Waals surface area (Å²) in [6.45, 7) is 1.83. The Hall–Kier alpha value is -0.900. The molecule has 0 aliphatic rings. The van der Waals surface area contributed by atoms with Crippen molar-refractivity contribution in [1.82, 2.24) is 4.90 Å². The van der Waals surface area contributed by atoms with E-state index < -0.39 is 0 Å². The van der Waals surface area contributed by atoms with Gasteiger partial charge in [-0.25, -0.2) is 0 Å². The van der Waals surface area contributed by atoms with Crippen LogP contribution in [0.25, 0.3) is 0 Å². The van der Waals surface area contributed by atoms with Gasteiger partial charge in [0.05, 0.1) is 6.61 Å². The Morgan fingerprint density at radius 1 is 1.27 bits per heavy atom. The van der Waals surface area contributed by atoms with Gasteiger partial charge in [-0.2, -0.15) is 0 Å². The monoisotopic (exact) mass is 208 g/mol. The molecule has 0 aliphatic carbocycles. The minimum absolute atomic E-state index is 0.0901. The first kappa shape index (κ1) is 12.2. The van der Waals surface area contributed by atoms with Crippen LogP contribution in [0.15, 0.2) is 30.3 Å². The van der Waals surface area contributed by atoms with Crippen molar-refractivity contribution in [3.63, 3.8) is 0 Å². The summed E-state index contributed by atoms with van der Waals surface area (Å²) in [5, 5.41) is 8.75. The first-order chi connectivity index (χ1) is 7.24. The van der Waals surface area contributed by atoms with Gasteiger partial charge in [0.25, 0.3) is 0 Å². The number of nitrogens with two attached hydrogens (primary N) is 1. The van der Waals surface area contributed by atoms with E-state index in [9.17, 15) is 0 Å². The van der Waals surface area contributed by atoms with Gasteiger partial charge >= 0.3 is 0 Å². The third kappa shape index (κ3) is 4.42. The zero-order valence-corrected chi connectivity index (χ0v) is 9.26. The Labute approximate surface area is 91.5 Å². The molecule has 1 aromatic rings. The lowest BCUT2D eigenvalue weighted by Crippen LogP contribution is -2.26. The van der Waals surface area contributed by atoms with Gasteiger partial charge in [0.15, 0.2) is 0 Å². The Kier molecular flexibility index (Phi) is 5.32.